The molecule has 4 nitrogen and oxygen atoms in total. The van der Waals surface area contributed by atoms with E-state index >= 15 is 0 Å². The van der Waals surface area contributed by atoms with Crippen LogP contribution in [0.25, 0.3) is 0 Å². The summed E-state index contributed by atoms with van der Waals surface area (Å²) in [6.45, 7) is 8.14. The molecule has 1 heterocycles. The van der Waals surface area contributed by atoms with Gasteiger partial charge >= 0.3 is 0 Å². The molecule has 0 aliphatic carbocycles. The van der Waals surface area contributed by atoms with Crippen molar-refractivity contribution in [2.45, 2.75) is 46.8 Å². The predicted molar refractivity (Wildman–Crippen MR) is 75.9 cm³/mol. The van der Waals surface area contributed by atoms with Gasteiger partial charge in [0.05, 0.1) is 6.10 Å². The third-order valence-electron chi connectivity index (χ3n) is 2.51. The molecule has 4 heteroatoms. The van der Waals surface area contributed by atoms with Gasteiger partial charge in [-0.2, -0.15) is 0 Å². The molecular weight excluding hydrogens is 240 g/mol. The van der Waals surface area contributed by atoms with Gasteiger partial charge in [-0.25, -0.2) is 4.98 Å². The van der Waals surface area contributed by atoms with E-state index in [9.17, 15) is 4.79 Å². The zero-order chi connectivity index (χ0) is 14.3. The van der Waals surface area contributed by atoms with Crippen molar-refractivity contribution in [1.82, 2.24) is 10.3 Å². The molecule has 1 aromatic rings. The molecule has 0 aliphatic rings. The van der Waals surface area contributed by atoms with Gasteiger partial charge in [-0.15, -0.1) is 0 Å². The molecule has 1 N–H and O–H groups in total. The molecule has 0 aromatic carbocycles. The monoisotopic (exact) mass is 262 g/mol. The van der Waals surface area contributed by atoms with Gasteiger partial charge in [0.15, 0.2) is 0 Å². The zero-order valence-corrected chi connectivity index (χ0v) is 12.1. The van der Waals surface area contributed by atoms with Crippen LogP contribution in [0.4, 0.5) is 0 Å². The first-order valence-corrected chi connectivity index (χ1v) is 6.60. The van der Waals surface area contributed by atoms with Gasteiger partial charge in [0.1, 0.15) is 0 Å². The lowest BCUT2D eigenvalue weighted by Gasteiger charge is -2.13. The Balaban J connectivity index is 2.67. The van der Waals surface area contributed by atoms with E-state index in [2.05, 4.69) is 10.3 Å². The summed E-state index contributed by atoms with van der Waals surface area (Å²) in [5.41, 5.74) is 1.62. The Morgan fingerprint density at radius 2 is 2.26 bits per heavy atom. The largest absolute Gasteiger partial charge is 0.475 e. The summed E-state index contributed by atoms with van der Waals surface area (Å²) >= 11 is 0. The molecule has 19 heavy (non-hydrogen) atoms. The molecule has 104 valence electrons. The highest BCUT2D eigenvalue weighted by Crippen LogP contribution is 2.15. The number of amides is 1. The second-order valence-corrected chi connectivity index (χ2v) is 4.61. The number of carbonyl (C=O) groups is 1. The first-order valence-electron chi connectivity index (χ1n) is 6.60. The van der Waals surface area contributed by atoms with E-state index in [0.29, 0.717) is 12.4 Å². The fourth-order valence-electron chi connectivity index (χ4n) is 1.60. The van der Waals surface area contributed by atoms with Crippen LogP contribution in [0.1, 0.15) is 39.7 Å². The fraction of sp³-hybridized carbons (Fsp3) is 0.467. The van der Waals surface area contributed by atoms with Crippen LogP contribution in [0.3, 0.4) is 0 Å². The maximum absolute atomic E-state index is 11.8. The smallest absolute Gasteiger partial charge is 0.246 e. The Kier molecular flexibility index (Phi) is 6.06. The molecular formula is C15H22N2O2. The Bertz CT molecular complexity index is 453. The van der Waals surface area contributed by atoms with Crippen LogP contribution in [0, 0.1) is 0 Å². The number of aromatic nitrogens is 1. The number of nitrogens with one attached hydrogen (secondary N) is 1. The van der Waals surface area contributed by atoms with Crippen molar-refractivity contribution < 1.29 is 9.53 Å². The van der Waals surface area contributed by atoms with Crippen LogP contribution in [0.5, 0.6) is 5.88 Å². The van der Waals surface area contributed by atoms with Gasteiger partial charge in [-0.3, -0.25) is 4.79 Å². The fourth-order valence-corrected chi connectivity index (χ4v) is 1.60. The highest BCUT2D eigenvalue weighted by atomic mass is 16.5. The molecule has 0 saturated heterocycles. The van der Waals surface area contributed by atoms with Crippen molar-refractivity contribution in [2.75, 3.05) is 0 Å². The molecule has 0 unspecified atom stereocenters. The van der Waals surface area contributed by atoms with E-state index in [1.165, 1.54) is 0 Å². The minimum atomic E-state index is -0.0544. The second-order valence-electron chi connectivity index (χ2n) is 4.61. The number of rotatable bonds is 6. The van der Waals surface area contributed by atoms with Crippen LogP contribution in [-0.2, 0) is 11.3 Å². The average Bonchev–Trinajstić information content (AvgIpc) is 2.37. The first-order chi connectivity index (χ1) is 9.04. The number of hydrogen-bond donors (Lipinski definition) is 1. The maximum Gasteiger partial charge on any atom is 0.246 e. The number of hydrogen-bond acceptors (Lipinski definition) is 3. The SMILES string of the molecule is CC/C=C(\C)C(=O)NCc1cccnc1OC(C)C. The Labute approximate surface area is 114 Å². The van der Waals surface area contributed by atoms with Gasteiger partial charge in [-0.05, 0) is 33.3 Å². The van der Waals surface area contributed by atoms with Crippen molar-refractivity contribution in [3.8, 4) is 5.88 Å². The molecule has 0 saturated carbocycles. The van der Waals surface area contributed by atoms with Crippen molar-refractivity contribution in [3.63, 3.8) is 0 Å². The van der Waals surface area contributed by atoms with Crippen molar-refractivity contribution in [1.29, 1.82) is 0 Å². The van der Waals surface area contributed by atoms with Gasteiger partial charge in [-0.1, -0.05) is 19.1 Å². The Hall–Kier alpha value is -1.84. The normalized spacial score (nSPS) is 11.5. The maximum atomic E-state index is 11.8. The van der Waals surface area contributed by atoms with Crippen LogP contribution in [0.2, 0.25) is 0 Å². The van der Waals surface area contributed by atoms with Crippen LogP contribution < -0.4 is 10.1 Å². The molecule has 0 aliphatic heterocycles. The number of ether oxygens (including phenoxy) is 1. The lowest BCUT2D eigenvalue weighted by atomic mass is 10.2. The summed E-state index contributed by atoms with van der Waals surface area (Å²) in [4.78, 5) is 16.0. The topological polar surface area (TPSA) is 51.2 Å². The van der Waals surface area contributed by atoms with Crippen LogP contribution in [-0.4, -0.2) is 17.0 Å². The lowest BCUT2D eigenvalue weighted by molar-refractivity contribution is -0.117. The quantitative estimate of drug-likeness (QED) is 0.802. The molecule has 1 rings (SSSR count). The van der Waals surface area contributed by atoms with E-state index < -0.39 is 0 Å². The van der Waals surface area contributed by atoms with Crippen molar-refractivity contribution in [2.24, 2.45) is 0 Å². The van der Waals surface area contributed by atoms with Gasteiger partial charge in [0.2, 0.25) is 11.8 Å². The summed E-state index contributed by atoms with van der Waals surface area (Å²) < 4.78 is 5.61. The summed E-state index contributed by atoms with van der Waals surface area (Å²) in [7, 11) is 0. The van der Waals surface area contributed by atoms with Gasteiger partial charge in [0, 0.05) is 23.9 Å². The van der Waals surface area contributed by atoms with Crippen molar-refractivity contribution >= 4 is 5.91 Å². The van der Waals surface area contributed by atoms with E-state index in [4.69, 9.17) is 4.74 Å². The third-order valence-corrected chi connectivity index (χ3v) is 2.51. The van der Waals surface area contributed by atoms with Crippen molar-refractivity contribution in [3.05, 3.63) is 35.5 Å². The summed E-state index contributed by atoms with van der Waals surface area (Å²) in [5, 5.41) is 2.87. The highest BCUT2D eigenvalue weighted by Gasteiger charge is 2.09. The molecule has 0 atom stereocenters. The van der Waals surface area contributed by atoms with Crippen LogP contribution >= 0.6 is 0 Å². The van der Waals surface area contributed by atoms with Gasteiger partial charge in [0.25, 0.3) is 0 Å². The van der Waals surface area contributed by atoms with E-state index in [0.717, 1.165) is 17.6 Å². The van der Waals surface area contributed by atoms with E-state index in [-0.39, 0.29) is 12.0 Å². The number of nitrogens with zero attached hydrogens (tertiary/aromatic N) is 1. The van der Waals surface area contributed by atoms with Gasteiger partial charge < -0.3 is 10.1 Å². The third kappa shape index (κ3) is 5.12. The molecule has 0 fully saturated rings. The predicted octanol–water partition coefficient (Wildman–Crippen LogP) is 2.84. The number of carbonyl (C=O) groups excluding carboxylic acids is 1. The molecule has 1 aromatic heterocycles. The summed E-state index contributed by atoms with van der Waals surface area (Å²) in [5.74, 6) is 0.524. The average molecular weight is 262 g/mol. The van der Waals surface area contributed by atoms with Crippen LogP contribution in [0.15, 0.2) is 30.0 Å². The highest BCUT2D eigenvalue weighted by molar-refractivity contribution is 5.92. The first kappa shape index (κ1) is 15.2. The second kappa shape index (κ2) is 7.56. The number of allylic oxidation sites excluding steroid dienone is 1. The number of pyridine rings is 1. The lowest BCUT2D eigenvalue weighted by Crippen LogP contribution is -2.24. The summed E-state index contributed by atoms with van der Waals surface area (Å²) in [6, 6.07) is 3.74. The zero-order valence-electron chi connectivity index (χ0n) is 12.1. The minimum Gasteiger partial charge on any atom is -0.475 e. The molecule has 0 bridgehead atoms. The van der Waals surface area contributed by atoms with E-state index in [1.807, 2.05) is 45.9 Å². The van der Waals surface area contributed by atoms with E-state index in [1.54, 1.807) is 6.20 Å². The Morgan fingerprint density at radius 3 is 2.89 bits per heavy atom. The molecule has 0 radical (unpaired) electrons. The molecule has 1 amide bonds. The minimum absolute atomic E-state index is 0.0544. The standard InChI is InChI=1S/C15H22N2O2/c1-5-7-12(4)14(18)17-10-13-8-6-9-16-15(13)19-11(2)3/h6-9,11H,5,10H2,1-4H3,(H,17,18)/b12-7+. The Morgan fingerprint density at radius 1 is 1.53 bits per heavy atom. The molecule has 0 spiro atoms. The summed E-state index contributed by atoms with van der Waals surface area (Å²) in [6.07, 6.45) is 4.51.